The number of ether oxygens (including phenoxy) is 1. The molecule has 0 heterocycles. The molecule has 3 N–H and O–H groups in total. The lowest BCUT2D eigenvalue weighted by atomic mass is 9.85. The minimum Gasteiger partial charge on any atom is -0.492 e. The van der Waals surface area contributed by atoms with Gasteiger partial charge in [-0.25, -0.2) is 18.9 Å². The van der Waals surface area contributed by atoms with Gasteiger partial charge < -0.3 is 10.1 Å². The van der Waals surface area contributed by atoms with Crippen LogP contribution in [-0.2, 0) is 15.8 Å². The van der Waals surface area contributed by atoms with E-state index >= 15 is 0 Å². The molecule has 1 aliphatic carbocycles. The van der Waals surface area contributed by atoms with Crippen LogP contribution in [0.2, 0.25) is 0 Å². The standard InChI is InChI=1S/C23H29FN4O3S/c1-3-31-22-13-12-20(14-21(22)27-25)32(30)28-19-10-6-17(7-11-19)23(29)26-15(2)16-4-8-18(24)9-5-16/h4-5,8-9,12-15,17,19,25,28H,3,6-7,10-11H2,1-2H3,(H,26,29)/t15-,17?,19?,32?/m1/s1. The van der Waals surface area contributed by atoms with Crippen LogP contribution in [0.5, 0.6) is 5.75 Å². The van der Waals surface area contributed by atoms with E-state index in [-0.39, 0.29) is 29.7 Å². The van der Waals surface area contributed by atoms with Crippen LogP contribution in [0, 0.1) is 17.3 Å². The molecule has 1 fully saturated rings. The Morgan fingerprint density at radius 1 is 1.22 bits per heavy atom. The molecular formula is C23H29FN4O3S. The van der Waals surface area contributed by atoms with Crippen molar-refractivity contribution in [1.82, 2.24) is 10.0 Å². The van der Waals surface area contributed by atoms with Gasteiger partial charge in [0.2, 0.25) is 5.91 Å². The predicted molar refractivity (Wildman–Crippen MR) is 121 cm³/mol. The molecular weight excluding hydrogens is 431 g/mol. The van der Waals surface area contributed by atoms with Crippen molar-refractivity contribution in [2.75, 3.05) is 6.61 Å². The Bertz CT molecular complexity index is 962. The number of nitrogens with zero attached hydrogens (tertiary/aromatic N) is 1. The van der Waals surface area contributed by atoms with Crippen LogP contribution >= 0.6 is 0 Å². The Kier molecular flexibility index (Phi) is 8.46. The SMILES string of the molecule is CCOc1ccc(S(=O)NC2CCC(C(=O)N[C@H](C)c3ccc(F)cc3)CC2)cc1N=N. The molecule has 9 heteroatoms. The molecule has 2 aromatic carbocycles. The second-order valence-corrected chi connectivity index (χ2v) is 9.14. The van der Waals surface area contributed by atoms with Crippen molar-refractivity contribution in [3.05, 3.63) is 53.8 Å². The van der Waals surface area contributed by atoms with Gasteiger partial charge in [-0.3, -0.25) is 4.79 Å². The van der Waals surface area contributed by atoms with Crippen molar-refractivity contribution < 1.29 is 18.1 Å². The molecule has 1 aliphatic rings. The molecule has 7 nitrogen and oxygen atoms in total. The molecule has 1 saturated carbocycles. The molecule has 1 amide bonds. The fraction of sp³-hybridized carbons (Fsp3) is 0.435. The summed E-state index contributed by atoms with van der Waals surface area (Å²) >= 11 is 0. The van der Waals surface area contributed by atoms with Crippen molar-refractivity contribution in [2.45, 2.75) is 56.5 Å². The van der Waals surface area contributed by atoms with Crippen molar-refractivity contribution in [3.63, 3.8) is 0 Å². The Hall–Kier alpha value is -2.65. The quantitative estimate of drug-likeness (QED) is 0.462. The molecule has 172 valence electrons. The molecule has 2 atom stereocenters. The summed E-state index contributed by atoms with van der Waals surface area (Å²) in [5.41, 5.74) is 8.50. The van der Waals surface area contributed by atoms with Crippen molar-refractivity contribution in [2.24, 2.45) is 11.0 Å². The maximum Gasteiger partial charge on any atom is 0.223 e. The first kappa shape index (κ1) is 24.0. The third-order valence-electron chi connectivity index (χ3n) is 5.67. The van der Waals surface area contributed by atoms with E-state index < -0.39 is 11.0 Å². The lowest BCUT2D eigenvalue weighted by Gasteiger charge is -2.29. The van der Waals surface area contributed by atoms with Crippen LogP contribution in [0.1, 0.15) is 51.1 Å². The number of rotatable bonds is 9. The number of nitrogens with one attached hydrogen (secondary N) is 3. The zero-order chi connectivity index (χ0) is 23.1. The van der Waals surface area contributed by atoms with Gasteiger partial charge in [-0.1, -0.05) is 12.1 Å². The lowest BCUT2D eigenvalue weighted by molar-refractivity contribution is -0.126. The van der Waals surface area contributed by atoms with Gasteiger partial charge in [0.15, 0.2) is 0 Å². The summed E-state index contributed by atoms with van der Waals surface area (Å²) in [6.07, 6.45) is 2.88. The Labute approximate surface area is 190 Å². The molecule has 0 aromatic heterocycles. The van der Waals surface area contributed by atoms with Gasteiger partial charge in [-0.2, -0.15) is 5.11 Å². The largest absolute Gasteiger partial charge is 0.492 e. The highest BCUT2D eigenvalue weighted by molar-refractivity contribution is 7.83. The Morgan fingerprint density at radius 3 is 2.53 bits per heavy atom. The van der Waals surface area contributed by atoms with Gasteiger partial charge in [0.1, 0.15) is 28.2 Å². The second-order valence-electron chi connectivity index (χ2n) is 7.89. The van der Waals surface area contributed by atoms with E-state index in [9.17, 15) is 13.4 Å². The van der Waals surface area contributed by atoms with Gasteiger partial charge in [-0.05, 0) is 75.4 Å². The zero-order valence-corrected chi connectivity index (χ0v) is 19.1. The average Bonchev–Trinajstić information content (AvgIpc) is 2.80. The summed E-state index contributed by atoms with van der Waals surface area (Å²) in [5, 5.41) is 6.47. The zero-order valence-electron chi connectivity index (χ0n) is 18.3. The Balaban J connectivity index is 1.50. The van der Waals surface area contributed by atoms with Gasteiger partial charge >= 0.3 is 0 Å². The number of halogens is 1. The average molecular weight is 461 g/mol. The molecule has 32 heavy (non-hydrogen) atoms. The van der Waals surface area contributed by atoms with Gasteiger partial charge in [0, 0.05) is 12.0 Å². The number of amides is 1. The van der Waals surface area contributed by atoms with Crippen molar-refractivity contribution in [3.8, 4) is 5.75 Å². The van der Waals surface area contributed by atoms with Gasteiger partial charge in [0.25, 0.3) is 0 Å². The minimum atomic E-state index is -1.44. The number of carbonyl (C=O) groups is 1. The first-order valence-corrected chi connectivity index (χ1v) is 11.9. The molecule has 0 aliphatic heterocycles. The smallest absolute Gasteiger partial charge is 0.223 e. The maximum atomic E-state index is 13.1. The predicted octanol–water partition coefficient (Wildman–Crippen LogP) is 4.94. The van der Waals surface area contributed by atoms with Gasteiger partial charge in [-0.15, -0.1) is 0 Å². The minimum absolute atomic E-state index is 0.00499. The monoisotopic (exact) mass is 460 g/mol. The van der Waals surface area contributed by atoms with E-state index in [0.717, 1.165) is 18.4 Å². The van der Waals surface area contributed by atoms with E-state index in [1.165, 1.54) is 12.1 Å². The fourth-order valence-corrected chi connectivity index (χ4v) is 4.92. The summed E-state index contributed by atoms with van der Waals surface area (Å²) in [6, 6.07) is 11.0. The highest BCUT2D eigenvalue weighted by atomic mass is 32.2. The van der Waals surface area contributed by atoms with Crippen LogP contribution in [0.3, 0.4) is 0 Å². The third-order valence-corrected chi connectivity index (χ3v) is 6.89. The number of benzene rings is 2. The lowest BCUT2D eigenvalue weighted by Crippen LogP contribution is -2.39. The third kappa shape index (κ3) is 6.20. The normalized spacial score (nSPS) is 20.2. The van der Waals surface area contributed by atoms with E-state index in [2.05, 4.69) is 15.2 Å². The highest BCUT2D eigenvalue weighted by Gasteiger charge is 2.28. The van der Waals surface area contributed by atoms with Crippen LogP contribution in [0.25, 0.3) is 0 Å². The topological polar surface area (TPSA) is 104 Å². The molecule has 0 radical (unpaired) electrons. The molecule has 2 aromatic rings. The number of hydrogen-bond acceptors (Lipinski definition) is 5. The molecule has 0 spiro atoms. The first-order valence-electron chi connectivity index (χ1n) is 10.8. The van der Waals surface area contributed by atoms with Crippen LogP contribution < -0.4 is 14.8 Å². The number of carbonyl (C=O) groups excluding carboxylic acids is 1. The van der Waals surface area contributed by atoms with Crippen molar-refractivity contribution in [1.29, 1.82) is 5.53 Å². The van der Waals surface area contributed by atoms with Crippen molar-refractivity contribution >= 4 is 22.6 Å². The number of hydrogen-bond donors (Lipinski definition) is 3. The summed E-state index contributed by atoms with van der Waals surface area (Å²) < 4.78 is 34.4. The Morgan fingerprint density at radius 2 is 1.91 bits per heavy atom. The first-order chi connectivity index (χ1) is 15.4. The summed E-state index contributed by atoms with van der Waals surface area (Å²) in [7, 11) is -1.44. The van der Waals surface area contributed by atoms with Crippen LogP contribution in [0.4, 0.5) is 10.1 Å². The van der Waals surface area contributed by atoms with Crippen LogP contribution in [-0.4, -0.2) is 22.8 Å². The van der Waals surface area contributed by atoms with Gasteiger partial charge in [0.05, 0.1) is 17.5 Å². The summed E-state index contributed by atoms with van der Waals surface area (Å²) in [4.78, 5) is 13.2. The summed E-state index contributed by atoms with van der Waals surface area (Å²) in [5.74, 6) is 0.0915. The summed E-state index contributed by atoms with van der Waals surface area (Å²) in [6.45, 7) is 4.19. The molecule has 0 saturated heterocycles. The van der Waals surface area contributed by atoms with E-state index in [0.29, 0.717) is 35.8 Å². The molecule has 1 unspecified atom stereocenters. The maximum absolute atomic E-state index is 13.1. The van der Waals surface area contributed by atoms with E-state index in [1.807, 2.05) is 13.8 Å². The fourth-order valence-electron chi connectivity index (χ4n) is 3.84. The highest BCUT2D eigenvalue weighted by Crippen LogP contribution is 2.30. The molecule has 3 rings (SSSR count). The van der Waals surface area contributed by atoms with E-state index in [4.69, 9.17) is 10.3 Å². The second kappa shape index (κ2) is 11.3. The van der Waals surface area contributed by atoms with Crippen LogP contribution in [0.15, 0.2) is 52.5 Å². The molecule has 0 bridgehead atoms. The van der Waals surface area contributed by atoms with E-state index in [1.54, 1.807) is 30.3 Å².